The number of carbonyl (C=O) groups is 1. The molecule has 1 nitrogen and oxygen atoms in total. The normalized spacial score (nSPS) is 46.6. The minimum absolute atomic E-state index is 0.277. The van der Waals surface area contributed by atoms with E-state index in [1.54, 1.807) is 0 Å². The molecule has 0 radical (unpaired) electrons. The molecule has 0 N–H and O–H groups in total. The van der Waals surface area contributed by atoms with Gasteiger partial charge in [0.2, 0.25) is 0 Å². The summed E-state index contributed by atoms with van der Waals surface area (Å²) in [5, 5.41) is 0. The lowest BCUT2D eigenvalue weighted by Gasteiger charge is -2.61. The molecule has 1 heteroatoms. The van der Waals surface area contributed by atoms with Crippen LogP contribution in [0, 0.1) is 29.1 Å². The molecule has 15 heavy (non-hydrogen) atoms. The van der Waals surface area contributed by atoms with E-state index in [9.17, 15) is 4.79 Å². The SMILES string of the molecule is C[C@H]1C[C@@H]2C[C@H]3C[C@@H](C2=CC1=O)C3(C)C. The number of carbonyl (C=O) groups excluding carboxylic acids is 1. The summed E-state index contributed by atoms with van der Waals surface area (Å²) in [6.45, 7) is 6.85. The Balaban J connectivity index is 1.96. The van der Waals surface area contributed by atoms with Gasteiger partial charge in [-0.3, -0.25) is 4.79 Å². The van der Waals surface area contributed by atoms with Crippen LogP contribution in [0.25, 0.3) is 0 Å². The fraction of sp³-hybridized carbons (Fsp3) is 0.786. The van der Waals surface area contributed by atoms with Gasteiger partial charge in [-0.25, -0.2) is 0 Å². The second-order valence-corrected chi connectivity index (χ2v) is 6.42. The minimum Gasteiger partial charge on any atom is -0.295 e. The predicted molar refractivity (Wildman–Crippen MR) is 60.4 cm³/mol. The Morgan fingerprint density at radius 1 is 1.27 bits per heavy atom. The van der Waals surface area contributed by atoms with Gasteiger partial charge >= 0.3 is 0 Å². The number of ketones is 1. The lowest BCUT2D eigenvalue weighted by Crippen LogP contribution is -2.53. The van der Waals surface area contributed by atoms with E-state index in [4.69, 9.17) is 0 Å². The molecular formula is C14H20O. The van der Waals surface area contributed by atoms with E-state index >= 15 is 0 Å². The van der Waals surface area contributed by atoms with Crippen molar-refractivity contribution in [3.63, 3.8) is 0 Å². The van der Waals surface area contributed by atoms with Gasteiger partial charge in [0, 0.05) is 5.92 Å². The summed E-state index contributed by atoms with van der Waals surface area (Å²) in [5.41, 5.74) is 1.98. The van der Waals surface area contributed by atoms with Gasteiger partial charge < -0.3 is 0 Å². The minimum atomic E-state index is 0.277. The Hall–Kier alpha value is -0.590. The summed E-state index contributed by atoms with van der Waals surface area (Å²) in [4.78, 5) is 11.7. The Bertz CT molecular complexity index is 350. The molecule has 4 atom stereocenters. The Morgan fingerprint density at radius 2 is 2.00 bits per heavy atom. The van der Waals surface area contributed by atoms with E-state index in [1.165, 1.54) is 18.4 Å². The van der Waals surface area contributed by atoms with Crippen LogP contribution < -0.4 is 0 Å². The van der Waals surface area contributed by atoms with Crippen LogP contribution in [0.15, 0.2) is 11.6 Å². The van der Waals surface area contributed by atoms with E-state index in [0.717, 1.165) is 24.2 Å². The number of allylic oxidation sites excluding steroid dienone is 2. The molecule has 4 aliphatic carbocycles. The molecule has 0 unspecified atom stereocenters. The fourth-order valence-electron chi connectivity index (χ4n) is 4.05. The second-order valence-electron chi connectivity index (χ2n) is 6.42. The lowest BCUT2D eigenvalue weighted by molar-refractivity contribution is -0.120. The summed E-state index contributed by atoms with van der Waals surface area (Å²) in [5.74, 6) is 3.04. The highest BCUT2D eigenvalue weighted by atomic mass is 16.1. The van der Waals surface area contributed by atoms with Crippen LogP contribution in [0.1, 0.15) is 40.0 Å². The molecule has 3 saturated carbocycles. The summed E-state index contributed by atoms with van der Waals surface area (Å²) in [6.07, 6.45) is 5.80. The van der Waals surface area contributed by atoms with Crippen molar-refractivity contribution < 1.29 is 4.79 Å². The largest absolute Gasteiger partial charge is 0.295 e. The van der Waals surface area contributed by atoms with Crippen LogP contribution in [0.4, 0.5) is 0 Å². The third-order valence-electron chi connectivity index (χ3n) is 5.35. The molecule has 0 aromatic rings. The molecule has 2 bridgehead atoms. The zero-order chi connectivity index (χ0) is 10.8. The van der Waals surface area contributed by atoms with E-state index < -0.39 is 0 Å². The highest BCUT2D eigenvalue weighted by Crippen LogP contribution is 2.64. The van der Waals surface area contributed by atoms with Crippen LogP contribution in [-0.4, -0.2) is 5.78 Å². The molecule has 0 amide bonds. The Kier molecular flexibility index (Phi) is 1.76. The number of hydrogen-bond donors (Lipinski definition) is 0. The molecule has 4 aliphatic rings. The van der Waals surface area contributed by atoms with Crippen molar-refractivity contribution >= 4 is 5.78 Å². The van der Waals surface area contributed by atoms with E-state index in [-0.39, 0.29) is 5.92 Å². The van der Waals surface area contributed by atoms with Gasteiger partial charge in [0.05, 0.1) is 0 Å². The first-order chi connectivity index (χ1) is 7.00. The van der Waals surface area contributed by atoms with Crippen LogP contribution in [0.5, 0.6) is 0 Å². The molecule has 0 saturated heterocycles. The molecule has 82 valence electrons. The maximum absolute atomic E-state index is 11.7. The topological polar surface area (TPSA) is 17.1 Å². The molecule has 0 aliphatic heterocycles. The third-order valence-corrected chi connectivity index (χ3v) is 5.35. The zero-order valence-electron chi connectivity index (χ0n) is 9.92. The molecule has 3 fully saturated rings. The fourth-order valence-corrected chi connectivity index (χ4v) is 4.05. The van der Waals surface area contributed by atoms with Crippen molar-refractivity contribution in [1.29, 1.82) is 0 Å². The summed E-state index contributed by atoms with van der Waals surface area (Å²) >= 11 is 0. The molecular weight excluding hydrogens is 184 g/mol. The lowest BCUT2D eigenvalue weighted by atomic mass is 9.44. The molecule has 4 rings (SSSR count). The highest BCUT2D eigenvalue weighted by Gasteiger charge is 2.56. The standard InChI is InChI=1S/C14H20O/c1-8-4-9-5-10-6-12(14(10,2)3)11(9)7-13(8)15/h7-10,12H,4-6H2,1-3H3/t8-,9+,10-,12-/m0/s1. The highest BCUT2D eigenvalue weighted by molar-refractivity contribution is 5.93. The van der Waals surface area contributed by atoms with Crippen molar-refractivity contribution in [2.45, 2.75) is 40.0 Å². The third kappa shape index (κ3) is 1.12. The van der Waals surface area contributed by atoms with Crippen molar-refractivity contribution in [2.24, 2.45) is 29.1 Å². The van der Waals surface area contributed by atoms with Crippen LogP contribution in [0.2, 0.25) is 0 Å². The maximum atomic E-state index is 11.7. The monoisotopic (exact) mass is 204 g/mol. The molecule has 0 heterocycles. The molecule has 0 aromatic heterocycles. The average molecular weight is 204 g/mol. The van der Waals surface area contributed by atoms with Crippen molar-refractivity contribution in [1.82, 2.24) is 0 Å². The van der Waals surface area contributed by atoms with Gasteiger partial charge in [-0.05, 0) is 48.5 Å². The van der Waals surface area contributed by atoms with Crippen molar-refractivity contribution in [3.8, 4) is 0 Å². The van der Waals surface area contributed by atoms with Crippen molar-refractivity contribution in [3.05, 3.63) is 11.6 Å². The van der Waals surface area contributed by atoms with Gasteiger partial charge in [-0.1, -0.05) is 26.3 Å². The predicted octanol–water partition coefficient (Wildman–Crippen LogP) is 3.20. The van der Waals surface area contributed by atoms with Gasteiger partial charge in [0.25, 0.3) is 0 Å². The summed E-state index contributed by atoms with van der Waals surface area (Å²) in [7, 11) is 0. The van der Waals surface area contributed by atoms with Crippen LogP contribution in [0.3, 0.4) is 0 Å². The van der Waals surface area contributed by atoms with Gasteiger partial charge in [0.1, 0.15) is 0 Å². The quantitative estimate of drug-likeness (QED) is 0.592. The Labute approximate surface area is 91.9 Å². The average Bonchev–Trinajstić information content (AvgIpc) is 2.18. The summed E-state index contributed by atoms with van der Waals surface area (Å²) in [6, 6.07) is 0. The van der Waals surface area contributed by atoms with E-state index in [2.05, 4.69) is 20.8 Å². The first kappa shape index (κ1) is 9.62. The number of hydrogen-bond acceptors (Lipinski definition) is 1. The van der Waals surface area contributed by atoms with Crippen molar-refractivity contribution in [2.75, 3.05) is 0 Å². The Morgan fingerprint density at radius 3 is 2.67 bits per heavy atom. The first-order valence-electron chi connectivity index (χ1n) is 6.25. The van der Waals surface area contributed by atoms with E-state index in [1.807, 2.05) is 6.08 Å². The van der Waals surface area contributed by atoms with E-state index in [0.29, 0.717) is 11.2 Å². The molecule has 0 spiro atoms. The number of rotatable bonds is 0. The van der Waals surface area contributed by atoms with Crippen LogP contribution in [-0.2, 0) is 4.79 Å². The zero-order valence-corrected chi connectivity index (χ0v) is 9.92. The smallest absolute Gasteiger partial charge is 0.158 e. The maximum Gasteiger partial charge on any atom is 0.158 e. The van der Waals surface area contributed by atoms with Gasteiger partial charge in [-0.15, -0.1) is 0 Å². The van der Waals surface area contributed by atoms with Gasteiger partial charge in [0.15, 0.2) is 5.78 Å². The first-order valence-corrected chi connectivity index (χ1v) is 6.25. The van der Waals surface area contributed by atoms with Crippen LogP contribution >= 0.6 is 0 Å². The molecule has 0 aromatic carbocycles. The second kappa shape index (κ2) is 2.75. The van der Waals surface area contributed by atoms with Gasteiger partial charge in [-0.2, -0.15) is 0 Å². The summed E-state index contributed by atoms with van der Waals surface area (Å²) < 4.78 is 0.